The molecule has 44 heavy (non-hydrogen) atoms. The van der Waals surface area contributed by atoms with Gasteiger partial charge in [0.2, 0.25) is 5.82 Å². The molecule has 0 saturated carbocycles. The number of anilines is 2. The maximum Gasteiger partial charge on any atom is 0.404 e. The Morgan fingerprint density at radius 1 is 1.09 bits per heavy atom. The van der Waals surface area contributed by atoms with Crippen LogP contribution in [-0.4, -0.2) is 50.7 Å². The predicted molar refractivity (Wildman–Crippen MR) is 155 cm³/mol. The lowest BCUT2D eigenvalue weighted by Crippen LogP contribution is -2.45. The Hall–Kier alpha value is -4.88. The van der Waals surface area contributed by atoms with Crippen molar-refractivity contribution in [3.63, 3.8) is 0 Å². The van der Waals surface area contributed by atoms with Gasteiger partial charge in [-0.05, 0) is 54.2 Å². The van der Waals surface area contributed by atoms with E-state index in [4.69, 9.17) is 5.11 Å². The van der Waals surface area contributed by atoms with Gasteiger partial charge in [-0.1, -0.05) is 27.7 Å². The van der Waals surface area contributed by atoms with E-state index in [1.807, 2.05) is 27.7 Å². The number of imidazole rings is 1. The number of carboxylic acid groups (broad SMARTS) is 1. The van der Waals surface area contributed by atoms with E-state index in [1.54, 1.807) is 18.2 Å². The van der Waals surface area contributed by atoms with Gasteiger partial charge in [-0.3, -0.25) is 9.20 Å². The summed E-state index contributed by atoms with van der Waals surface area (Å²) in [5.74, 6) is -3.90. The van der Waals surface area contributed by atoms with Crippen LogP contribution in [0.2, 0.25) is 0 Å². The lowest BCUT2D eigenvalue weighted by molar-refractivity contribution is -0.0525. The minimum absolute atomic E-state index is 0.0611. The molecule has 2 aromatic carbocycles. The number of halogens is 4. The summed E-state index contributed by atoms with van der Waals surface area (Å²) >= 11 is 0. The van der Waals surface area contributed by atoms with Crippen LogP contribution in [0, 0.1) is 17.0 Å². The summed E-state index contributed by atoms with van der Waals surface area (Å²) in [6, 6.07) is 6.70. The number of carbonyl (C=O) groups is 2. The minimum Gasteiger partial charge on any atom is -0.465 e. The van der Waals surface area contributed by atoms with Gasteiger partial charge in [-0.25, -0.2) is 19.2 Å². The highest BCUT2D eigenvalue weighted by Gasteiger charge is 2.24. The van der Waals surface area contributed by atoms with E-state index in [0.717, 1.165) is 12.1 Å². The van der Waals surface area contributed by atoms with Gasteiger partial charge in [0.1, 0.15) is 0 Å². The molecule has 0 fully saturated rings. The number of aryl methyl sites for hydroxylation is 1. The summed E-state index contributed by atoms with van der Waals surface area (Å²) < 4.78 is 59.8. The predicted octanol–water partition coefficient (Wildman–Crippen LogP) is 6.38. The fraction of sp³-hybridized carbons (Fsp3) is 0.333. The number of aromatic nitrogens is 3. The molecule has 14 heteroatoms. The lowest BCUT2D eigenvalue weighted by Gasteiger charge is -2.27. The van der Waals surface area contributed by atoms with Crippen LogP contribution in [0.4, 0.5) is 33.9 Å². The van der Waals surface area contributed by atoms with E-state index < -0.39 is 36.1 Å². The topological polar surface area (TPSA) is 130 Å². The van der Waals surface area contributed by atoms with Gasteiger partial charge in [0.25, 0.3) is 5.91 Å². The van der Waals surface area contributed by atoms with Crippen molar-refractivity contribution in [2.24, 2.45) is 5.41 Å². The number of carbonyl (C=O) groups excluding carboxylic acids is 1. The van der Waals surface area contributed by atoms with Crippen molar-refractivity contribution in [3.05, 3.63) is 71.7 Å². The zero-order valence-electron chi connectivity index (χ0n) is 24.4. The third-order valence-electron chi connectivity index (χ3n) is 6.65. The highest BCUT2D eigenvalue weighted by Crippen LogP contribution is 2.32. The molecule has 2 aromatic heterocycles. The summed E-state index contributed by atoms with van der Waals surface area (Å²) in [4.78, 5) is 32.9. The summed E-state index contributed by atoms with van der Waals surface area (Å²) in [5, 5.41) is 17.4. The average Bonchev–Trinajstić information content (AvgIpc) is 3.38. The Kier molecular flexibility index (Phi) is 9.60. The Labute approximate surface area is 250 Å². The maximum absolute atomic E-state index is 14.8. The molecule has 234 valence electrons. The number of hydrogen-bond donors (Lipinski definition) is 4. The van der Waals surface area contributed by atoms with Gasteiger partial charge in [0.15, 0.2) is 23.0 Å². The molecule has 2 heterocycles. The summed E-state index contributed by atoms with van der Waals surface area (Å²) in [6.45, 7) is 4.63. The SMILES string of the molecule is CCc1cc(Nc2nccn3c(-c4ccc(OC(F)F)c(F)c4F)cnc23)ccc1C(=O)NC(CNC(=O)O)CC(C)(C)C. The summed E-state index contributed by atoms with van der Waals surface area (Å²) in [5.41, 5.74) is 1.76. The number of rotatable bonds is 11. The average molecular weight is 617 g/mol. The third kappa shape index (κ3) is 7.54. The molecule has 0 radical (unpaired) electrons. The van der Waals surface area contributed by atoms with Gasteiger partial charge >= 0.3 is 12.7 Å². The molecule has 0 saturated heterocycles. The quantitative estimate of drug-likeness (QED) is 0.144. The first-order valence-electron chi connectivity index (χ1n) is 13.7. The molecule has 0 aliphatic rings. The van der Waals surface area contributed by atoms with E-state index in [1.165, 1.54) is 23.0 Å². The van der Waals surface area contributed by atoms with Gasteiger partial charge in [0, 0.05) is 41.8 Å². The highest BCUT2D eigenvalue weighted by molar-refractivity contribution is 5.96. The monoisotopic (exact) mass is 616 g/mol. The normalized spacial score (nSPS) is 12.3. The van der Waals surface area contributed by atoms with Gasteiger partial charge in [-0.2, -0.15) is 13.2 Å². The molecule has 1 unspecified atom stereocenters. The van der Waals surface area contributed by atoms with Crippen LogP contribution in [0.15, 0.2) is 48.9 Å². The third-order valence-corrected chi connectivity index (χ3v) is 6.65. The second-order valence-electron chi connectivity index (χ2n) is 11.2. The molecular weight excluding hydrogens is 584 g/mol. The van der Waals surface area contributed by atoms with Crippen LogP contribution >= 0.6 is 0 Å². The number of ether oxygens (including phenoxy) is 1. The summed E-state index contributed by atoms with van der Waals surface area (Å²) in [6.07, 6.45) is 4.09. The molecule has 4 N–H and O–H groups in total. The number of hydrogen-bond acceptors (Lipinski definition) is 6. The van der Waals surface area contributed by atoms with Gasteiger partial charge in [0.05, 0.1) is 11.9 Å². The Bertz CT molecular complexity index is 1670. The Morgan fingerprint density at radius 2 is 1.84 bits per heavy atom. The van der Waals surface area contributed by atoms with Crippen molar-refractivity contribution in [2.45, 2.75) is 53.2 Å². The van der Waals surface area contributed by atoms with Crippen molar-refractivity contribution in [3.8, 4) is 17.0 Å². The molecule has 2 amide bonds. The molecule has 0 spiro atoms. The molecule has 0 aliphatic heterocycles. The smallest absolute Gasteiger partial charge is 0.404 e. The first-order chi connectivity index (χ1) is 20.8. The Morgan fingerprint density at radius 3 is 2.50 bits per heavy atom. The fourth-order valence-corrected chi connectivity index (χ4v) is 4.83. The van der Waals surface area contributed by atoms with E-state index in [2.05, 4.69) is 30.7 Å². The Balaban J connectivity index is 1.59. The summed E-state index contributed by atoms with van der Waals surface area (Å²) in [7, 11) is 0. The molecule has 0 bridgehead atoms. The van der Waals surface area contributed by atoms with E-state index >= 15 is 0 Å². The van der Waals surface area contributed by atoms with Crippen LogP contribution in [0.5, 0.6) is 5.75 Å². The first-order valence-corrected chi connectivity index (χ1v) is 13.7. The zero-order valence-corrected chi connectivity index (χ0v) is 24.4. The second kappa shape index (κ2) is 13.2. The molecule has 0 aliphatic carbocycles. The van der Waals surface area contributed by atoms with Crippen LogP contribution < -0.4 is 20.7 Å². The molecule has 10 nitrogen and oxygen atoms in total. The van der Waals surface area contributed by atoms with Crippen LogP contribution in [-0.2, 0) is 6.42 Å². The van der Waals surface area contributed by atoms with E-state index in [9.17, 15) is 27.2 Å². The highest BCUT2D eigenvalue weighted by atomic mass is 19.3. The zero-order chi connectivity index (χ0) is 32.2. The van der Waals surface area contributed by atoms with Crippen molar-refractivity contribution in [1.29, 1.82) is 0 Å². The number of benzene rings is 2. The van der Waals surface area contributed by atoms with Gasteiger partial charge < -0.3 is 25.8 Å². The maximum atomic E-state index is 14.8. The van der Waals surface area contributed by atoms with Crippen LogP contribution in [0.25, 0.3) is 16.9 Å². The van der Waals surface area contributed by atoms with E-state index in [-0.39, 0.29) is 40.6 Å². The molecular formula is C30H32F4N6O4. The molecule has 1 atom stereocenters. The van der Waals surface area contributed by atoms with Crippen molar-refractivity contribution < 1.29 is 37.0 Å². The number of fused-ring (bicyclic) bond motifs is 1. The standard InChI is InChI=1S/C30H32F4N6O4/c1-5-16-12-17(6-7-19(16)27(41)39-18(13-30(2,3)4)14-37-29(42)43)38-25-26-36-15-21(40(26)11-10-35-25)20-8-9-22(44-28(33)34)24(32)23(20)31/h6-12,15,18,28,37H,5,13-14H2,1-4H3,(H,35,38)(H,39,41)(H,42,43). The first kappa shape index (κ1) is 32.0. The molecule has 4 rings (SSSR count). The number of amides is 2. The van der Waals surface area contributed by atoms with Gasteiger partial charge in [-0.15, -0.1) is 0 Å². The fourth-order valence-electron chi connectivity index (χ4n) is 4.83. The number of nitrogens with zero attached hydrogens (tertiary/aromatic N) is 3. The second-order valence-corrected chi connectivity index (χ2v) is 11.2. The molecule has 4 aromatic rings. The van der Waals surface area contributed by atoms with Crippen LogP contribution in [0.1, 0.15) is 50.0 Å². The van der Waals surface area contributed by atoms with Crippen molar-refractivity contribution in [1.82, 2.24) is 25.0 Å². The lowest BCUT2D eigenvalue weighted by atomic mass is 9.88. The minimum atomic E-state index is -3.31. The van der Waals surface area contributed by atoms with E-state index in [0.29, 0.717) is 29.7 Å². The number of alkyl halides is 2. The largest absolute Gasteiger partial charge is 0.465 e. The van der Waals surface area contributed by atoms with Crippen molar-refractivity contribution >= 4 is 29.2 Å². The number of nitrogens with one attached hydrogen (secondary N) is 3. The van der Waals surface area contributed by atoms with Crippen LogP contribution in [0.3, 0.4) is 0 Å². The van der Waals surface area contributed by atoms with Crippen molar-refractivity contribution in [2.75, 3.05) is 11.9 Å².